The van der Waals surface area contributed by atoms with E-state index in [9.17, 15) is 8.78 Å². The van der Waals surface area contributed by atoms with Crippen LogP contribution in [0.4, 0.5) is 8.78 Å². The predicted octanol–water partition coefficient (Wildman–Crippen LogP) is 3.80. The third-order valence-corrected chi connectivity index (χ3v) is 6.75. The van der Waals surface area contributed by atoms with E-state index in [1.54, 1.807) is 13.3 Å². The number of hydrogen-bond donors (Lipinski definition) is 1. The number of halogens is 3. The Kier molecular flexibility index (Phi) is 4.43. The largest absolute Gasteiger partial charge is 0.481 e. The van der Waals surface area contributed by atoms with Crippen LogP contribution in [0.1, 0.15) is 16.7 Å². The molecule has 0 fully saturated rings. The zero-order valence-electron chi connectivity index (χ0n) is 13.9. The molecule has 2 heterocycles. The van der Waals surface area contributed by atoms with E-state index in [0.717, 1.165) is 21.7 Å². The van der Waals surface area contributed by atoms with Gasteiger partial charge >= 0.3 is 0 Å². The van der Waals surface area contributed by atoms with Crippen LogP contribution in [-0.2, 0) is 18.4 Å². The molecule has 0 bridgehead atoms. The number of fused-ring (bicyclic) bond motifs is 2. The lowest BCUT2D eigenvalue weighted by atomic mass is 9.67. The van der Waals surface area contributed by atoms with Crippen molar-refractivity contribution in [2.24, 2.45) is 16.6 Å². The van der Waals surface area contributed by atoms with E-state index in [2.05, 4.69) is 20.9 Å². The highest BCUT2D eigenvalue weighted by molar-refractivity contribution is 9.10. The second kappa shape index (κ2) is 6.49. The Balaban J connectivity index is 1.95. The molecule has 2 aromatic rings. The fourth-order valence-corrected chi connectivity index (χ4v) is 5.41. The first-order chi connectivity index (χ1) is 12.4. The van der Waals surface area contributed by atoms with Crippen molar-refractivity contribution in [1.29, 1.82) is 0 Å². The lowest BCUT2D eigenvalue weighted by Gasteiger charge is -2.45. The number of amidine groups is 1. The maximum absolute atomic E-state index is 14.8. The van der Waals surface area contributed by atoms with E-state index in [1.807, 2.05) is 0 Å². The summed E-state index contributed by atoms with van der Waals surface area (Å²) in [5.41, 5.74) is 7.47. The molecule has 2 aliphatic rings. The Morgan fingerprint density at radius 3 is 2.88 bits per heavy atom. The molecule has 1 aromatic heterocycles. The van der Waals surface area contributed by atoms with Crippen molar-refractivity contribution in [1.82, 2.24) is 4.98 Å². The van der Waals surface area contributed by atoms with Crippen molar-refractivity contribution in [3.05, 3.63) is 57.2 Å². The summed E-state index contributed by atoms with van der Waals surface area (Å²) < 4.78 is 34.6. The summed E-state index contributed by atoms with van der Waals surface area (Å²) in [5, 5.41) is 0.412. The Labute approximate surface area is 162 Å². The van der Waals surface area contributed by atoms with Gasteiger partial charge in [0.25, 0.3) is 0 Å². The van der Waals surface area contributed by atoms with Crippen LogP contribution >= 0.6 is 27.7 Å². The fraction of sp³-hybridized carbons (Fsp3) is 0.333. The van der Waals surface area contributed by atoms with Gasteiger partial charge in [-0.05, 0) is 34.0 Å². The molecule has 0 radical (unpaired) electrons. The number of aliphatic imine (C=N–C) groups is 1. The highest BCUT2D eigenvalue weighted by Gasteiger charge is 2.49. The first-order valence-electron chi connectivity index (χ1n) is 8.08. The molecule has 4 nitrogen and oxygen atoms in total. The molecular formula is C18H16BrF2N3OS. The van der Waals surface area contributed by atoms with Gasteiger partial charge in [0.15, 0.2) is 5.17 Å². The summed E-state index contributed by atoms with van der Waals surface area (Å²) in [7, 11) is 1.56. The van der Waals surface area contributed by atoms with E-state index in [0.29, 0.717) is 35.2 Å². The molecule has 2 N–H and O–H groups in total. The molecule has 2 atom stereocenters. The second-order valence-corrected chi connectivity index (χ2v) is 8.35. The Bertz CT molecular complexity index is 924. The van der Waals surface area contributed by atoms with Crippen molar-refractivity contribution < 1.29 is 13.5 Å². The van der Waals surface area contributed by atoms with E-state index >= 15 is 0 Å². The number of nitrogens with two attached hydrogens (primary N) is 1. The number of thioether (sulfide) groups is 1. The standard InChI is InChI=1S/C18H16BrF2N3OS/c1-25-16-12-6-18(13-3-2-10(20)5-15(13)21)9(8-26-17(22)24-18)4-11(12)14(19)7-23-16/h2-3,5,7,9H,4,6,8H2,1H3,(H2,22,24)/t9-,18-/m0/s1. The summed E-state index contributed by atoms with van der Waals surface area (Å²) >= 11 is 5.03. The molecule has 0 unspecified atom stereocenters. The number of pyridine rings is 1. The predicted molar refractivity (Wildman–Crippen MR) is 102 cm³/mol. The third-order valence-electron chi connectivity index (χ3n) is 5.11. The van der Waals surface area contributed by atoms with E-state index in [-0.39, 0.29) is 5.92 Å². The third kappa shape index (κ3) is 2.70. The fourth-order valence-electron chi connectivity index (χ4n) is 3.91. The van der Waals surface area contributed by atoms with Crippen molar-refractivity contribution >= 4 is 32.9 Å². The molecule has 0 amide bonds. The highest BCUT2D eigenvalue weighted by Crippen LogP contribution is 2.51. The van der Waals surface area contributed by atoms with Crippen LogP contribution < -0.4 is 10.5 Å². The van der Waals surface area contributed by atoms with Gasteiger partial charge in [0.2, 0.25) is 5.88 Å². The number of benzene rings is 1. The molecule has 0 saturated heterocycles. The highest BCUT2D eigenvalue weighted by atomic mass is 79.9. The maximum atomic E-state index is 14.8. The average Bonchev–Trinajstić information content (AvgIpc) is 2.60. The van der Waals surface area contributed by atoms with Crippen LogP contribution in [0.25, 0.3) is 0 Å². The minimum absolute atomic E-state index is 0.0238. The molecule has 1 aliphatic carbocycles. The first-order valence-corrected chi connectivity index (χ1v) is 9.86. The van der Waals surface area contributed by atoms with Crippen LogP contribution in [0.3, 0.4) is 0 Å². The minimum atomic E-state index is -0.893. The van der Waals surface area contributed by atoms with Crippen LogP contribution in [-0.4, -0.2) is 23.0 Å². The summed E-state index contributed by atoms with van der Waals surface area (Å²) in [6, 6.07) is 3.65. The zero-order chi connectivity index (χ0) is 18.5. The summed E-state index contributed by atoms with van der Waals surface area (Å²) in [6.07, 6.45) is 2.79. The monoisotopic (exact) mass is 439 g/mol. The van der Waals surface area contributed by atoms with Gasteiger partial charge in [-0.15, -0.1) is 0 Å². The number of ether oxygens (including phenoxy) is 1. The normalized spacial score (nSPS) is 24.5. The number of rotatable bonds is 2. The van der Waals surface area contributed by atoms with Gasteiger partial charge < -0.3 is 10.5 Å². The van der Waals surface area contributed by atoms with Gasteiger partial charge in [-0.25, -0.2) is 13.8 Å². The van der Waals surface area contributed by atoms with Gasteiger partial charge in [-0.1, -0.05) is 17.8 Å². The SMILES string of the molecule is COc1ncc(Br)c2c1C[C@]1(c3ccc(F)cc3F)N=C(N)SC[C@@H]1C2. The van der Waals surface area contributed by atoms with Crippen LogP contribution in [0, 0.1) is 17.6 Å². The number of nitrogens with zero attached hydrogens (tertiary/aromatic N) is 2. The van der Waals surface area contributed by atoms with Gasteiger partial charge in [-0.2, -0.15) is 0 Å². The van der Waals surface area contributed by atoms with Crippen LogP contribution in [0.15, 0.2) is 33.9 Å². The van der Waals surface area contributed by atoms with E-state index < -0.39 is 17.2 Å². The smallest absolute Gasteiger partial charge is 0.216 e. The van der Waals surface area contributed by atoms with Gasteiger partial charge in [0, 0.05) is 46.0 Å². The van der Waals surface area contributed by atoms with Crippen molar-refractivity contribution in [2.45, 2.75) is 18.4 Å². The quantitative estimate of drug-likeness (QED) is 0.772. The van der Waals surface area contributed by atoms with Gasteiger partial charge in [0.05, 0.1) is 12.6 Å². The zero-order valence-corrected chi connectivity index (χ0v) is 16.3. The molecule has 0 spiro atoms. The van der Waals surface area contributed by atoms with E-state index in [4.69, 9.17) is 15.5 Å². The Morgan fingerprint density at radius 2 is 2.15 bits per heavy atom. The Hall–Kier alpha value is -1.67. The summed E-state index contributed by atoms with van der Waals surface area (Å²) in [5.74, 6) is 0.0115. The van der Waals surface area contributed by atoms with E-state index in [1.165, 1.54) is 23.9 Å². The Morgan fingerprint density at radius 1 is 1.35 bits per heavy atom. The molecule has 136 valence electrons. The number of methoxy groups -OCH3 is 1. The van der Waals surface area contributed by atoms with Crippen LogP contribution in [0.5, 0.6) is 5.88 Å². The number of hydrogen-bond acceptors (Lipinski definition) is 5. The maximum Gasteiger partial charge on any atom is 0.216 e. The second-order valence-electron chi connectivity index (χ2n) is 6.46. The molecular weight excluding hydrogens is 424 g/mol. The molecule has 26 heavy (non-hydrogen) atoms. The minimum Gasteiger partial charge on any atom is -0.481 e. The topological polar surface area (TPSA) is 60.5 Å². The van der Waals surface area contributed by atoms with Crippen LogP contribution in [0.2, 0.25) is 0 Å². The molecule has 1 aromatic carbocycles. The van der Waals surface area contributed by atoms with Gasteiger partial charge in [0.1, 0.15) is 11.6 Å². The van der Waals surface area contributed by atoms with Crippen molar-refractivity contribution in [3.8, 4) is 5.88 Å². The first kappa shape index (κ1) is 17.7. The van der Waals surface area contributed by atoms with Crippen molar-refractivity contribution in [2.75, 3.05) is 12.9 Å². The number of aromatic nitrogens is 1. The average molecular weight is 440 g/mol. The molecule has 8 heteroatoms. The lowest BCUT2D eigenvalue weighted by molar-refractivity contribution is 0.261. The molecule has 4 rings (SSSR count). The molecule has 0 saturated carbocycles. The summed E-state index contributed by atoms with van der Waals surface area (Å²) in [6.45, 7) is 0. The van der Waals surface area contributed by atoms with Gasteiger partial charge in [-0.3, -0.25) is 4.99 Å². The summed E-state index contributed by atoms with van der Waals surface area (Å²) in [4.78, 5) is 9.02. The van der Waals surface area contributed by atoms with Crippen molar-refractivity contribution in [3.63, 3.8) is 0 Å². The molecule has 1 aliphatic heterocycles. The lowest BCUT2D eigenvalue weighted by Crippen LogP contribution is -2.46.